The maximum absolute atomic E-state index is 12.7. The number of hydrogen-bond donors (Lipinski definition) is 2. The first-order valence-electron chi connectivity index (χ1n) is 8.28. The maximum Gasteiger partial charge on any atom is 0.328 e. The Balaban J connectivity index is 2.30. The van der Waals surface area contributed by atoms with Crippen molar-refractivity contribution >= 4 is 23.3 Å². The van der Waals surface area contributed by atoms with E-state index in [0.29, 0.717) is 26.3 Å². The van der Waals surface area contributed by atoms with Gasteiger partial charge in [0.15, 0.2) is 6.04 Å². The number of nitro benzene ring substituents is 1. The fraction of sp³-hybridized carbons (Fsp3) is 0.412. The minimum absolute atomic E-state index is 0.0288. The lowest BCUT2D eigenvalue weighted by atomic mass is 10.1. The molecule has 146 valence electrons. The van der Waals surface area contributed by atoms with Crippen molar-refractivity contribution in [1.29, 1.82) is 0 Å². The highest BCUT2D eigenvalue weighted by atomic mass is 16.6. The molecule has 1 aromatic rings. The number of hydrogen-bond acceptors (Lipinski definition) is 7. The number of carboxylic acids is 1. The van der Waals surface area contributed by atoms with Crippen molar-refractivity contribution in [1.82, 2.24) is 5.32 Å². The molecule has 0 aliphatic carbocycles. The summed E-state index contributed by atoms with van der Waals surface area (Å²) in [5, 5.41) is 23.1. The number of amides is 1. The summed E-state index contributed by atoms with van der Waals surface area (Å²) in [6.45, 7) is 4.86. The number of ether oxygens (including phenoxy) is 2. The number of carboxylic acid groups (broad SMARTS) is 1. The van der Waals surface area contributed by atoms with Crippen LogP contribution in [0.3, 0.4) is 0 Å². The molecular weight excluding hydrogens is 358 g/mol. The molecule has 0 spiro atoms. The number of carbonyl (C=O) groups is 2. The van der Waals surface area contributed by atoms with E-state index >= 15 is 0 Å². The zero-order valence-corrected chi connectivity index (χ0v) is 14.6. The lowest BCUT2D eigenvalue weighted by Crippen LogP contribution is -2.45. The molecule has 0 saturated carbocycles. The lowest BCUT2D eigenvalue weighted by Gasteiger charge is -2.30. The monoisotopic (exact) mass is 379 g/mol. The Kier molecular flexibility index (Phi) is 7.26. The molecule has 2 N–H and O–H groups in total. The number of benzene rings is 1. The molecular formula is C17H21N3O7. The second kappa shape index (κ2) is 9.64. The number of para-hydroxylation sites is 1. The Morgan fingerprint density at radius 3 is 2.74 bits per heavy atom. The number of morpholine rings is 1. The molecule has 10 heteroatoms. The first kappa shape index (κ1) is 20.3. The van der Waals surface area contributed by atoms with Crippen LogP contribution in [0, 0.1) is 10.1 Å². The third-order valence-corrected chi connectivity index (χ3v) is 3.91. The molecule has 1 fully saturated rings. The van der Waals surface area contributed by atoms with Crippen LogP contribution in [-0.2, 0) is 14.3 Å². The van der Waals surface area contributed by atoms with Gasteiger partial charge in [-0.1, -0.05) is 12.1 Å². The van der Waals surface area contributed by atoms with Crippen molar-refractivity contribution in [3.8, 4) is 0 Å². The second-order valence-corrected chi connectivity index (χ2v) is 5.72. The number of rotatable bonds is 9. The van der Waals surface area contributed by atoms with E-state index < -0.39 is 22.8 Å². The van der Waals surface area contributed by atoms with Crippen molar-refractivity contribution in [3.05, 3.63) is 46.5 Å². The van der Waals surface area contributed by atoms with Gasteiger partial charge in [-0.3, -0.25) is 14.9 Å². The lowest BCUT2D eigenvalue weighted by molar-refractivity contribution is -0.384. The highest BCUT2D eigenvalue weighted by molar-refractivity contribution is 6.03. The van der Waals surface area contributed by atoms with Crippen molar-refractivity contribution in [2.75, 3.05) is 44.4 Å². The quantitative estimate of drug-likeness (QED) is 0.279. The summed E-state index contributed by atoms with van der Waals surface area (Å²) in [5.74, 6) is -2.00. The van der Waals surface area contributed by atoms with Gasteiger partial charge in [-0.25, -0.2) is 4.79 Å². The van der Waals surface area contributed by atoms with Crippen LogP contribution < -0.4 is 10.2 Å². The fourth-order valence-electron chi connectivity index (χ4n) is 2.66. The average molecular weight is 379 g/mol. The summed E-state index contributed by atoms with van der Waals surface area (Å²) < 4.78 is 10.4. The van der Waals surface area contributed by atoms with E-state index in [0.717, 1.165) is 0 Å². The van der Waals surface area contributed by atoms with Crippen LogP contribution in [0.1, 0.15) is 10.4 Å². The Morgan fingerprint density at radius 2 is 2.15 bits per heavy atom. The molecule has 1 aliphatic heterocycles. The smallest absolute Gasteiger partial charge is 0.328 e. The summed E-state index contributed by atoms with van der Waals surface area (Å²) in [4.78, 5) is 36.6. The SMILES string of the molecule is C=CCOCC(NC(=O)c1cccc([N+](=O)[O-])c1N1CCOCC1)C(=O)O. The molecule has 1 unspecified atom stereocenters. The normalized spacial score (nSPS) is 15.0. The molecule has 1 amide bonds. The molecule has 0 radical (unpaired) electrons. The summed E-state index contributed by atoms with van der Waals surface area (Å²) in [6, 6.07) is 2.83. The van der Waals surface area contributed by atoms with Crippen molar-refractivity contribution < 1.29 is 29.1 Å². The van der Waals surface area contributed by atoms with Gasteiger partial charge in [0.1, 0.15) is 5.69 Å². The van der Waals surface area contributed by atoms with Crippen LogP contribution in [0.4, 0.5) is 11.4 Å². The van der Waals surface area contributed by atoms with E-state index in [1.807, 2.05) is 0 Å². The molecule has 1 aliphatic rings. The molecule has 1 heterocycles. The largest absolute Gasteiger partial charge is 0.480 e. The molecule has 1 aromatic carbocycles. The van der Waals surface area contributed by atoms with Gasteiger partial charge in [0.25, 0.3) is 11.6 Å². The Labute approximate surface area is 155 Å². The average Bonchev–Trinajstić information content (AvgIpc) is 2.67. The topological polar surface area (TPSA) is 131 Å². The highest BCUT2D eigenvalue weighted by Gasteiger charge is 2.29. The Morgan fingerprint density at radius 1 is 1.44 bits per heavy atom. The minimum Gasteiger partial charge on any atom is -0.480 e. The zero-order valence-electron chi connectivity index (χ0n) is 14.6. The van der Waals surface area contributed by atoms with Crippen LogP contribution in [0.25, 0.3) is 0 Å². The minimum atomic E-state index is -1.30. The van der Waals surface area contributed by atoms with Crippen molar-refractivity contribution in [2.45, 2.75) is 6.04 Å². The van der Waals surface area contributed by atoms with E-state index in [2.05, 4.69) is 11.9 Å². The standard InChI is InChI=1S/C17H21N3O7/c1-2-8-27-11-13(17(22)23)18-16(21)12-4-3-5-14(20(24)25)15(12)19-6-9-26-10-7-19/h2-5,13H,1,6-11H2,(H,18,21)(H,22,23). The van der Waals surface area contributed by atoms with Gasteiger partial charge in [-0.15, -0.1) is 6.58 Å². The predicted molar refractivity (Wildman–Crippen MR) is 96.0 cm³/mol. The number of nitrogens with zero attached hydrogens (tertiary/aromatic N) is 2. The van der Waals surface area contributed by atoms with Gasteiger partial charge in [0, 0.05) is 19.2 Å². The molecule has 0 bridgehead atoms. The van der Waals surface area contributed by atoms with Crippen LogP contribution >= 0.6 is 0 Å². The fourth-order valence-corrected chi connectivity index (χ4v) is 2.66. The third kappa shape index (κ3) is 5.25. The van der Waals surface area contributed by atoms with Crippen molar-refractivity contribution in [3.63, 3.8) is 0 Å². The summed E-state index contributed by atoms with van der Waals surface area (Å²) in [5.41, 5.74) is -0.0418. The maximum atomic E-state index is 12.7. The molecule has 0 aromatic heterocycles. The van der Waals surface area contributed by atoms with Gasteiger partial charge in [0.05, 0.1) is 36.9 Å². The first-order chi connectivity index (χ1) is 13.0. The predicted octanol–water partition coefficient (Wildman–Crippen LogP) is 0.817. The highest BCUT2D eigenvalue weighted by Crippen LogP contribution is 2.32. The second-order valence-electron chi connectivity index (χ2n) is 5.72. The van der Waals surface area contributed by atoms with Crippen LogP contribution in [0.15, 0.2) is 30.9 Å². The van der Waals surface area contributed by atoms with Crippen LogP contribution in [0.5, 0.6) is 0 Å². The third-order valence-electron chi connectivity index (χ3n) is 3.91. The molecule has 1 atom stereocenters. The van der Waals surface area contributed by atoms with Gasteiger partial charge in [0.2, 0.25) is 0 Å². The zero-order chi connectivity index (χ0) is 19.8. The summed E-state index contributed by atoms with van der Waals surface area (Å²) in [6.07, 6.45) is 1.46. The van der Waals surface area contributed by atoms with Crippen molar-refractivity contribution in [2.24, 2.45) is 0 Å². The van der Waals surface area contributed by atoms with E-state index in [9.17, 15) is 24.8 Å². The van der Waals surface area contributed by atoms with E-state index in [-0.39, 0.29) is 30.2 Å². The first-order valence-corrected chi connectivity index (χ1v) is 8.28. The molecule has 1 saturated heterocycles. The van der Waals surface area contributed by atoms with Gasteiger partial charge in [-0.2, -0.15) is 0 Å². The number of aliphatic carboxylic acids is 1. The molecule has 2 rings (SSSR count). The van der Waals surface area contributed by atoms with Crippen LogP contribution in [-0.4, -0.2) is 67.5 Å². The van der Waals surface area contributed by atoms with Gasteiger partial charge in [-0.05, 0) is 6.07 Å². The Hall–Kier alpha value is -2.98. The summed E-state index contributed by atoms with van der Waals surface area (Å²) in [7, 11) is 0. The van der Waals surface area contributed by atoms with Gasteiger partial charge < -0.3 is 24.8 Å². The Bertz CT molecular complexity index is 716. The number of nitrogens with one attached hydrogen (secondary N) is 1. The van der Waals surface area contributed by atoms with E-state index in [1.165, 1.54) is 24.3 Å². The molecule has 27 heavy (non-hydrogen) atoms. The van der Waals surface area contributed by atoms with E-state index in [4.69, 9.17) is 9.47 Å². The summed E-state index contributed by atoms with van der Waals surface area (Å²) >= 11 is 0. The number of nitro groups is 1. The molecule has 10 nitrogen and oxygen atoms in total. The van der Waals surface area contributed by atoms with E-state index in [1.54, 1.807) is 4.90 Å². The number of carbonyl (C=O) groups excluding carboxylic acids is 1. The van der Waals surface area contributed by atoms with Gasteiger partial charge >= 0.3 is 5.97 Å². The van der Waals surface area contributed by atoms with Crippen LogP contribution in [0.2, 0.25) is 0 Å². The number of anilines is 1.